The SMILES string of the molecule is CCC(N)C1(c2ccccc2)CCC(Oc2cc3ccncc3cc2F)CC1. The van der Waals surface area contributed by atoms with Crippen LogP contribution in [0.4, 0.5) is 4.39 Å². The van der Waals surface area contributed by atoms with Gasteiger partial charge in [-0.15, -0.1) is 0 Å². The number of halogens is 1. The zero-order valence-corrected chi connectivity index (χ0v) is 16.3. The molecule has 0 bridgehead atoms. The lowest BCUT2D eigenvalue weighted by Crippen LogP contribution is -2.48. The predicted octanol–water partition coefficient (Wildman–Crippen LogP) is 5.37. The summed E-state index contributed by atoms with van der Waals surface area (Å²) in [5.74, 6) is 0.00126. The summed E-state index contributed by atoms with van der Waals surface area (Å²) >= 11 is 0. The van der Waals surface area contributed by atoms with E-state index < -0.39 is 0 Å². The molecule has 3 aromatic rings. The van der Waals surface area contributed by atoms with E-state index in [0.717, 1.165) is 42.9 Å². The molecule has 1 heterocycles. The molecule has 4 heteroatoms. The van der Waals surface area contributed by atoms with Crippen LogP contribution < -0.4 is 10.5 Å². The highest BCUT2D eigenvalue weighted by molar-refractivity contribution is 5.83. The Labute approximate surface area is 165 Å². The van der Waals surface area contributed by atoms with E-state index in [0.29, 0.717) is 5.75 Å². The van der Waals surface area contributed by atoms with Crippen molar-refractivity contribution in [2.75, 3.05) is 0 Å². The number of hydrogen-bond acceptors (Lipinski definition) is 3. The van der Waals surface area contributed by atoms with Crippen molar-refractivity contribution in [2.24, 2.45) is 5.73 Å². The van der Waals surface area contributed by atoms with E-state index in [-0.39, 0.29) is 23.4 Å². The van der Waals surface area contributed by atoms with Crippen molar-refractivity contribution in [3.05, 3.63) is 72.3 Å². The summed E-state index contributed by atoms with van der Waals surface area (Å²) in [6, 6.07) is 15.9. The van der Waals surface area contributed by atoms with Crippen LogP contribution in [0.15, 0.2) is 60.9 Å². The molecule has 1 unspecified atom stereocenters. The van der Waals surface area contributed by atoms with Crippen LogP contribution in [0.25, 0.3) is 10.8 Å². The van der Waals surface area contributed by atoms with Crippen molar-refractivity contribution in [3.8, 4) is 5.75 Å². The van der Waals surface area contributed by atoms with Crippen molar-refractivity contribution in [3.63, 3.8) is 0 Å². The van der Waals surface area contributed by atoms with E-state index >= 15 is 0 Å². The molecule has 28 heavy (non-hydrogen) atoms. The first kappa shape index (κ1) is 18.9. The Hall–Kier alpha value is -2.46. The van der Waals surface area contributed by atoms with E-state index in [9.17, 15) is 4.39 Å². The lowest BCUT2D eigenvalue weighted by atomic mass is 9.64. The lowest BCUT2D eigenvalue weighted by Gasteiger charge is -2.44. The molecule has 1 aliphatic carbocycles. The number of aromatic nitrogens is 1. The Balaban J connectivity index is 1.52. The fourth-order valence-corrected chi connectivity index (χ4v) is 4.62. The molecule has 3 nitrogen and oxygen atoms in total. The number of pyridine rings is 1. The van der Waals surface area contributed by atoms with Gasteiger partial charge in [0.05, 0.1) is 6.10 Å². The maximum atomic E-state index is 14.5. The summed E-state index contributed by atoms with van der Waals surface area (Å²) in [6.07, 6.45) is 7.98. The van der Waals surface area contributed by atoms with Crippen LogP contribution in [0, 0.1) is 5.82 Å². The smallest absolute Gasteiger partial charge is 0.165 e. The van der Waals surface area contributed by atoms with Gasteiger partial charge < -0.3 is 10.5 Å². The molecule has 1 aromatic heterocycles. The second-order valence-electron chi connectivity index (χ2n) is 7.86. The number of rotatable bonds is 5. The molecule has 0 spiro atoms. The first-order chi connectivity index (χ1) is 13.6. The quantitative estimate of drug-likeness (QED) is 0.649. The number of nitrogens with two attached hydrogens (primary N) is 1. The highest BCUT2D eigenvalue weighted by Gasteiger charge is 2.41. The van der Waals surface area contributed by atoms with Crippen LogP contribution in [0.1, 0.15) is 44.6 Å². The van der Waals surface area contributed by atoms with Crippen LogP contribution in [-0.4, -0.2) is 17.1 Å². The van der Waals surface area contributed by atoms with Gasteiger partial charge in [-0.25, -0.2) is 4.39 Å². The molecular weight excluding hydrogens is 351 g/mol. The molecule has 0 aliphatic heterocycles. The van der Waals surface area contributed by atoms with E-state index in [4.69, 9.17) is 10.5 Å². The molecule has 2 aromatic carbocycles. The van der Waals surface area contributed by atoms with E-state index in [1.807, 2.05) is 12.1 Å². The Morgan fingerprint density at radius 3 is 2.61 bits per heavy atom. The van der Waals surface area contributed by atoms with Gasteiger partial charge in [0.1, 0.15) is 0 Å². The zero-order valence-electron chi connectivity index (χ0n) is 16.3. The Bertz CT molecular complexity index is 936. The maximum Gasteiger partial charge on any atom is 0.165 e. The van der Waals surface area contributed by atoms with E-state index in [1.54, 1.807) is 18.5 Å². The largest absolute Gasteiger partial charge is 0.487 e. The first-order valence-corrected chi connectivity index (χ1v) is 10.1. The molecule has 0 radical (unpaired) electrons. The third-order valence-electron chi connectivity index (χ3n) is 6.31. The first-order valence-electron chi connectivity index (χ1n) is 10.1. The Kier molecular flexibility index (Phi) is 5.31. The highest BCUT2D eigenvalue weighted by Crippen LogP contribution is 2.43. The Morgan fingerprint density at radius 2 is 1.89 bits per heavy atom. The third-order valence-corrected chi connectivity index (χ3v) is 6.31. The molecule has 4 rings (SSSR count). The summed E-state index contributed by atoms with van der Waals surface area (Å²) in [5, 5.41) is 1.72. The summed E-state index contributed by atoms with van der Waals surface area (Å²) in [7, 11) is 0. The predicted molar refractivity (Wildman–Crippen MR) is 111 cm³/mol. The minimum atomic E-state index is -0.328. The molecule has 1 atom stereocenters. The van der Waals surface area contributed by atoms with Gasteiger partial charge in [0, 0.05) is 29.2 Å². The fourth-order valence-electron chi connectivity index (χ4n) is 4.62. The van der Waals surface area contributed by atoms with Gasteiger partial charge in [-0.3, -0.25) is 4.98 Å². The monoisotopic (exact) mass is 378 g/mol. The molecule has 1 fully saturated rings. The number of fused-ring (bicyclic) bond motifs is 1. The average Bonchev–Trinajstić information content (AvgIpc) is 2.75. The summed E-state index contributed by atoms with van der Waals surface area (Å²) in [5.41, 5.74) is 7.88. The number of benzene rings is 2. The van der Waals surface area contributed by atoms with Crippen LogP contribution in [0.2, 0.25) is 0 Å². The van der Waals surface area contributed by atoms with Crippen molar-refractivity contribution in [1.82, 2.24) is 4.98 Å². The minimum absolute atomic E-state index is 0.00896. The zero-order chi connectivity index (χ0) is 19.6. The van der Waals surface area contributed by atoms with Gasteiger partial charge in [0.2, 0.25) is 0 Å². The second-order valence-corrected chi connectivity index (χ2v) is 7.86. The summed E-state index contributed by atoms with van der Waals surface area (Å²) in [4.78, 5) is 4.05. The van der Waals surface area contributed by atoms with E-state index in [2.05, 4.69) is 36.2 Å². The Morgan fingerprint density at radius 1 is 1.14 bits per heavy atom. The van der Waals surface area contributed by atoms with Gasteiger partial charge in [-0.1, -0.05) is 37.3 Å². The summed E-state index contributed by atoms with van der Waals surface area (Å²) < 4.78 is 20.6. The second kappa shape index (κ2) is 7.88. The molecule has 0 saturated heterocycles. The van der Waals surface area contributed by atoms with E-state index in [1.165, 1.54) is 11.6 Å². The van der Waals surface area contributed by atoms with Gasteiger partial charge in [-0.05, 0) is 61.3 Å². The molecule has 1 aliphatic rings. The van der Waals surface area contributed by atoms with Gasteiger partial charge in [-0.2, -0.15) is 0 Å². The highest BCUT2D eigenvalue weighted by atomic mass is 19.1. The van der Waals surface area contributed by atoms with Gasteiger partial charge >= 0.3 is 0 Å². The van der Waals surface area contributed by atoms with Crippen molar-refractivity contribution in [1.29, 1.82) is 0 Å². The fraction of sp³-hybridized carbons (Fsp3) is 0.375. The minimum Gasteiger partial charge on any atom is -0.487 e. The lowest BCUT2D eigenvalue weighted by molar-refractivity contribution is 0.100. The number of hydrogen-bond donors (Lipinski definition) is 1. The van der Waals surface area contributed by atoms with Crippen LogP contribution in [0.3, 0.4) is 0 Å². The maximum absolute atomic E-state index is 14.5. The number of ether oxygens (including phenoxy) is 1. The standard InChI is InChI=1S/C24H27FN2O/c1-2-23(26)24(19-6-4-3-5-7-19)11-8-20(9-12-24)28-22-15-17-10-13-27-16-18(17)14-21(22)25/h3-7,10,13-16,20,23H,2,8-9,11-12,26H2,1H3. The van der Waals surface area contributed by atoms with Crippen LogP contribution >= 0.6 is 0 Å². The molecular formula is C24H27FN2O. The average molecular weight is 378 g/mol. The van der Waals surface area contributed by atoms with Gasteiger partial charge in [0.15, 0.2) is 11.6 Å². The van der Waals surface area contributed by atoms with Gasteiger partial charge in [0.25, 0.3) is 0 Å². The van der Waals surface area contributed by atoms with Crippen LogP contribution in [-0.2, 0) is 5.41 Å². The molecule has 146 valence electrons. The molecule has 2 N–H and O–H groups in total. The molecule has 0 amide bonds. The van der Waals surface area contributed by atoms with Crippen molar-refractivity contribution >= 4 is 10.8 Å². The molecule has 1 saturated carbocycles. The van der Waals surface area contributed by atoms with Crippen molar-refractivity contribution in [2.45, 2.75) is 56.6 Å². The summed E-state index contributed by atoms with van der Waals surface area (Å²) in [6.45, 7) is 2.15. The van der Waals surface area contributed by atoms with Crippen molar-refractivity contribution < 1.29 is 9.13 Å². The normalized spacial score (nSPS) is 23.5. The van der Waals surface area contributed by atoms with Crippen LogP contribution in [0.5, 0.6) is 5.75 Å². The number of nitrogens with zero attached hydrogens (tertiary/aromatic N) is 1. The third kappa shape index (κ3) is 3.49. The topological polar surface area (TPSA) is 48.1 Å².